The molecular weight excluding hydrogens is 458 g/mol. The summed E-state index contributed by atoms with van der Waals surface area (Å²) in [6, 6.07) is 10.5. The number of amidine groups is 1. The van der Waals surface area contributed by atoms with E-state index in [9.17, 15) is 29.4 Å². The summed E-state index contributed by atoms with van der Waals surface area (Å²) in [6.07, 6.45) is -3.87. The molecule has 2 atom stereocenters. The number of aliphatic hydroxyl groups is 1. The maximum atomic E-state index is 13.2. The molecule has 0 spiro atoms. The van der Waals surface area contributed by atoms with Gasteiger partial charge in [-0.15, -0.1) is 0 Å². The van der Waals surface area contributed by atoms with Gasteiger partial charge in [0.1, 0.15) is 5.84 Å². The molecule has 0 radical (unpaired) electrons. The van der Waals surface area contributed by atoms with Crippen molar-refractivity contribution in [2.45, 2.75) is 18.6 Å². The second-order valence-corrected chi connectivity index (χ2v) is 7.67. The van der Waals surface area contributed by atoms with Gasteiger partial charge in [-0.2, -0.15) is 0 Å². The lowest BCUT2D eigenvalue weighted by molar-refractivity contribution is -0.150. The molecule has 1 aliphatic rings. The van der Waals surface area contributed by atoms with Crippen molar-refractivity contribution < 1.29 is 34.1 Å². The van der Waals surface area contributed by atoms with E-state index in [-0.39, 0.29) is 35.8 Å². The molecule has 1 saturated heterocycles. The third-order valence-corrected chi connectivity index (χ3v) is 5.36. The summed E-state index contributed by atoms with van der Waals surface area (Å²) in [5.74, 6) is -3.54. The highest BCUT2D eigenvalue weighted by Crippen LogP contribution is 2.28. The minimum absolute atomic E-state index is 0.0101. The predicted molar refractivity (Wildman–Crippen MR) is 125 cm³/mol. The molecule has 0 aromatic heterocycles. The molecule has 1 heterocycles. The Balaban J connectivity index is 1.84. The van der Waals surface area contributed by atoms with Gasteiger partial charge in [-0.05, 0) is 35.9 Å². The van der Waals surface area contributed by atoms with E-state index < -0.39 is 42.3 Å². The number of anilines is 2. The minimum atomic E-state index is -1.87. The van der Waals surface area contributed by atoms with Crippen LogP contribution in [0.25, 0.3) is 0 Å². The molecule has 12 nitrogen and oxygen atoms in total. The molecule has 7 N–H and O–H groups in total. The van der Waals surface area contributed by atoms with E-state index in [2.05, 4.69) is 10.6 Å². The van der Waals surface area contributed by atoms with E-state index in [4.69, 9.17) is 15.9 Å². The van der Waals surface area contributed by atoms with Gasteiger partial charge in [-0.1, -0.05) is 12.1 Å². The summed E-state index contributed by atoms with van der Waals surface area (Å²) in [6.45, 7) is -0.0128. The minimum Gasteiger partial charge on any atom is -0.481 e. The first-order valence-corrected chi connectivity index (χ1v) is 10.6. The second kappa shape index (κ2) is 10.8. The van der Waals surface area contributed by atoms with Crippen molar-refractivity contribution in [1.29, 1.82) is 5.41 Å². The smallest absolute Gasteiger partial charge is 0.307 e. The molecule has 0 aliphatic carbocycles. The van der Waals surface area contributed by atoms with Crippen LogP contribution in [0.1, 0.15) is 21.5 Å². The Kier molecular flexibility index (Phi) is 7.79. The number of carboxylic acid groups (broad SMARTS) is 1. The van der Waals surface area contributed by atoms with Crippen LogP contribution in [0.4, 0.5) is 11.4 Å². The highest BCUT2D eigenvalue weighted by Gasteiger charge is 2.40. The van der Waals surface area contributed by atoms with Gasteiger partial charge >= 0.3 is 5.97 Å². The van der Waals surface area contributed by atoms with Crippen molar-refractivity contribution in [2.24, 2.45) is 5.73 Å². The first-order chi connectivity index (χ1) is 16.6. The van der Waals surface area contributed by atoms with Crippen LogP contribution in [0, 0.1) is 5.41 Å². The number of hydrogen-bond acceptors (Lipinski definition) is 7. The number of carbonyl (C=O) groups excluding carboxylic acids is 3. The van der Waals surface area contributed by atoms with Crippen LogP contribution >= 0.6 is 0 Å². The summed E-state index contributed by atoms with van der Waals surface area (Å²) in [7, 11) is 1.38. The average Bonchev–Trinajstić information content (AvgIpc) is 2.83. The normalized spacial score (nSPS) is 16.3. The number of nitrogens with zero attached hydrogens (tertiary/aromatic N) is 1. The maximum Gasteiger partial charge on any atom is 0.307 e. The van der Waals surface area contributed by atoms with E-state index in [0.29, 0.717) is 11.3 Å². The fourth-order valence-electron chi connectivity index (χ4n) is 3.67. The summed E-state index contributed by atoms with van der Waals surface area (Å²) in [5, 5.41) is 32.1. The standard InChI is InChI=1S/C23H25N5O7/c1-26-21(32)17-13(11-16(29)30)3-2-4-15(17)28-9-10-35-19(23(28)34)18(31)22(33)27-14-7-5-12(6-8-14)20(24)25/h2-8,18-19,31H,9-11H2,1H3,(H3,24,25)(H,26,32)(H,27,33)(H,29,30)/t18-,19-/m1/s1. The number of hydrogen-bond donors (Lipinski definition) is 6. The second-order valence-electron chi connectivity index (χ2n) is 7.67. The molecule has 12 heteroatoms. The van der Waals surface area contributed by atoms with Crippen molar-refractivity contribution >= 4 is 40.9 Å². The Morgan fingerprint density at radius 1 is 1.23 bits per heavy atom. The summed E-state index contributed by atoms with van der Waals surface area (Å²) in [5.41, 5.74) is 6.52. The number of nitrogen functional groups attached to an aromatic ring is 1. The van der Waals surface area contributed by atoms with E-state index in [1.54, 1.807) is 0 Å². The average molecular weight is 483 g/mol. The molecular formula is C23H25N5O7. The molecule has 0 unspecified atom stereocenters. The Morgan fingerprint density at radius 2 is 1.91 bits per heavy atom. The van der Waals surface area contributed by atoms with Crippen LogP contribution in [-0.4, -0.2) is 72.1 Å². The fraction of sp³-hybridized carbons (Fsp3) is 0.261. The Labute approximate surface area is 200 Å². The van der Waals surface area contributed by atoms with Crippen molar-refractivity contribution in [2.75, 3.05) is 30.4 Å². The van der Waals surface area contributed by atoms with Gasteiger partial charge in [0.2, 0.25) is 0 Å². The van der Waals surface area contributed by atoms with Crippen molar-refractivity contribution in [3.8, 4) is 0 Å². The van der Waals surface area contributed by atoms with Gasteiger partial charge in [0.25, 0.3) is 17.7 Å². The molecule has 1 aliphatic heterocycles. The third kappa shape index (κ3) is 5.62. The zero-order valence-corrected chi connectivity index (χ0v) is 18.8. The lowest BCUT2D eigenvalue weighted by Crippen LogP contribution is -2.55. The monoisotopic (exact) mass is 483 g/mol. The largest absolute Gasteiger partial charge is 0.481 e. The van der Waals surface area contributed by atoms with Gasteiger partial charge in [-0.25, -0.2) is 0 Å². The molecule has 1 fully saturated rings. The molecule has 0 saturated carbocycles. The van der Waals surface area contributed by atoms with Crippen molar-refractivity contribution in [3.63, 3.8) is 0 Å². The number of benzene rings is 2. The summed E-state index contributed by atoms with van der Waals surface area (Å²) >= 11 is 0. The summed E-state index contributed by atoms with van der Waals surface area (Å²) in [4.78, 5) is 50.9. The van der Waals surface area contributed by atoms with Gasteiger partial charge in [0.05, 0.1) is 24.3 Å². The van der Waals surface area contributed by atoms with E-state index in [0.717, 1.165) is 0 Å². The Bertz CT molecular complexity index is 1170. The number of aliphatic hydroxyl groups excluding tert-OH is 1. The fourth-order valence-corrected chi connectivity index (χ4v) is 3.67. The lowest BCUT2D eigenvalue weighted by atomic mass is 9.99. The zero-order chi connectivity index (χ0) is 25.7. The highest BCUT2D eigenvalue weighted by molar-refractivity contribution is 6.09. The first-order valence-electron chi connectivity index (χ1n) is 10.6. The first kappa shape index (κ1) is 25.3. The predicted octanol–water partition coefficient (Wildman–Crippen LogP) is -0.311. The van der Waals surface area contributed by atoms with Gasteiger partial charge in [-0.3, -0.25) is 24.6 Å². The number of nitrogens with two attached hydrogens (primary N) is 1. The maximum absolute atomic E-state index is 13.2. The van der Waals surface area contributed by atoms with Crippen LogP contribution in [0.2, 0.25) is 0 Å². The zero-order valence-electron chi connectivity index (χ0n) is 18.8. The number of rotatable bonds is 8. The molecule has 2 aromatic rings. The molecule has 0 bridgehead atoms. The molecule has 35 heavy (non-hydrogen) atoms. The van der Waals surface area contributed by atoms with Gasteiger partial charge < -0.3 is 36.2 Å². The van der Waals surface area contributed by atoms with Crippen LogP contribution in [0.3, 0.4) is 0 Å². The van der Waals surface area contributed by atoms with E-state index >= 15 is 0 Å². The molecule has 3 rings (SSSR count). The quantitative estimate of drug-likeness (QED) is 0.217. The lowest BCUT2D eigenvalue weighted by Gasteiger charge is -2.35. The molecule has 184 valence electrons. The number of morpholine rings is 1. The molecule has 2 aromatic carbocycles. The van der Waals surface area contributed by atoms with Crippen LogP contribution in [-0.2, 0) is 25.5 Å². The van der Waals surface area contributed by atoms with Crippen molar-refractivity contribution in [3.05, 3.63) is 59.2 Å². The Morgan fingerprint density at radius 3 is 2.51 bits per heavy atom. The van der Waals surface area contributed by atoms with E-state index in [1.807, 2.05) is 0 Å². The van der Waals surface area contributed by atoms with Gasteiger partial charge in [0, 0.05) is 24.8 Å². The molecule has 3 amide bonds. The summed E-state index contributed by atoms with van der Waals surface area (Å²) < 4.78 is 5.39. The third-order valence-electron chi connectivity index (χ3n) is 5.36. The van der Waals surface area contributed by atoms with Gasteiger partial charge in [0.15, 0.2) is 12.2 Å². The number of aliphatic carboxylic acids is 1. The Hall–Kier alpha value is -4.29. The number of carboxylic acids is 1. The number of amides is 3. The number of nitrogens with one attached hydrogen (secondary N) is 3. The number of ether oxygens (including phenoxy) is 1. The van der Waals surface area contributed by atoms with Crippen LogP contribution in [0.15, 0.2) is 42.5 Å². The van der Waals surface area contributed by atoms with Crippen LogP contribution < -0.4 is 21.3 Å². The number of carbonyl (C=O) groups is 4. The SMILES string of the molecule is CNC(=O)c1c(CC(=O)O)cccc1N1CCO[C@H]([C@@H](O)C(=O)Nc2ccc(C(=N)N)cc2)C1=O. The van der Waals surface area contributed by atoms with Crippen molar-refractivity contribution in [1.82, 2.24) is 5.32 Å². The highest BCUT2D eigenvalue weighted by atomic mass is 16.5. The van der Waals surface area contributed by atoms with Crippen LogP contribution in [0.5, 0.6) is 0 Å². The van der Waals surface area contributed by atoms with E-state index in [1.165, 1.54) is 54.4 Å². The topological polar surface area (TPSA) is 195 Å².